The number of fused-ring (bicyclic) bond motifs is 1. The van der Waals surface area contributed by atoms with Crippen molar-refractivity contribution in [3.63, 3.8) is 0 Å². The lowest BCUT2D eigenvalue weighted by Crippen LogP contribution is -2.41. The standard InChI is InChI=1S/C40H44N2O7/c1-27(23-32-13-9-10-14-36(32)46-5)47-34-20-19-30-21-22-42(26-33(30)24-34)39(45)48-38(44)41-25-35(37(43)49-40(2,3)4)31-17-15-29(16-18-31)28-11-7-6-8-12-28/h6-20,24,27,35H,21-23,25-26H2,1-5H3,(H,41,44). The predicted octanol–water partition coefficient (Wildman–Crippen LogP) is 7.70. The summed E-state index contributed by atoms with van der Waals surface area (Å²) in [6.45, 7) is 7.93. The maximum atomic E-state index is 13.2. The summed E-state index contributed by atoms with van der Waals surface area (Å²) < 4.78 is 22.5. The van der Waals surface area contributed by atoms with Crippen LogP contribution in [0.5, 0.6) is 11.5 Å². The van der Waals surface area contributed by atoms with Crippen molar-refractivity contribution in [1.82, 2.24) is 10.2 Å². The number of carbonyl (C=O) groups excluding carboxylic acids is 3. The smallest absolute Gasteiger partial charge is 0.419 e. The van der Waals surface area contributed by atoms with Crippen molar-refractivity contribution in [3.8, 4) is 22.6 Å². The third kappa shape index (κ3) is 9.63. The van der Waals surface area contributed by atoms with Gasteiger partial charge in [0.15, 0.2) is 0 Å². The van der Waals surface area contributed by atoms with Crippen LogP contribution in [0, 0.1) is 0 Å². The van der Waals surface area contributed by atoms with E-state index in [-0.39, 0.29) is 19.2 Å². The van der Waals surface area contributed by atoms with Crippen LogP contribution < -0.4 is 14.8 Å². The zero-order chi connectivity index (χ0) is 35.0. The lowest BCUT2D eigenvalue weighted by molar-refractivity contribution is -0.156. The number of methoxy groups -OCH3 is 1. The number of carbonyl (C=O) groups is 3. The van der Waals surface area contributed by atoms with Crippen molar-refractivity contribution in [2.45, 2.75) is 64.7 Å². The molecule has 2 atom stereocenters. The molecule has 5 rings (SSSR count). The minimum Gasteiger partial charge on any atom is -0.496 e. The number of nitrogens with one attached hydrogen (secondary N) is 1. The second-order valence-electron chi connectivity index (χ2n) is 13.2. The number of hydrogen-bond acceptors (Lipinski definition) is 7. The first-order valence-electron chi connectivity index (χ1n) is 16.5. The number of amides is 2. The Bertz CT molecular complexity index is 1750. The minimum absolute atomic E-state index is 0.109. The fraction of sp³-hybridized carbons (Fsp3) is 0.325. The molecule has 0 radical (unpaired) electrons. The van der Waals surface area contributed by atoms with Crippen molar-refractivity contribution in [1.29, 1.82) is 0 Å². The van der Waals surface area contributed by atoms with Gasteiger partial charge in [-0.15, -0.1) is 0 Å². The minimum atomic E-state index is -0.937. The van der Waals surface area contributed by atoms with Gasteiger partial charge in [-0.25, -0.2) is 9.59 Å². The monoisotopic (exact) mass is 664 g/mol. The summed E-state index contributed by atoms with van der Waals surface area (Å²) in [5.41, 5.74) is 5.08. The van der Waals surface area contributed by atoms with E-state index in [1.165, 1.54) is 4.90 Å². The summed E-state index contributed by atoms with van der Waals surface area (Å²) in [6.07, 6.45) is -0.535. The molecule has 4 aromatic rings. The van der Waals surface area contributed by atoms with E-state index >= 15 is 0 Å². The second-order valence-corrected chi connectivity index (χ2v) is 13.2. The average Bonchev–Trinajstić information content (AvgIpc) is 3.08. The molecule has 0 saturated carbocycles. The molecular formula is C40H44N2O7. The van der Waals surface area contributed by atoms with Gasteiger partial charge in [-0.2, -0.15) is 0 Å². The Hall–Kier alpha value is -5.31. The highest BCUT2D eigenvalue weighted by Crippen LogP contribution is 2.28. The fourth-order valence-corrected chi connectivity index (χ4v) is 5.83. The molecule has 0 fully saturated rings. The molecule has 9 nitrogen and oxygen atoms in total. The Kier molecular flexibility index (Phi) is 11.2. The zero-order valence-corrected chi connectivity index (χ0v) is 28.7. The normalized spacial score (nSPS) is 13.8. The second kappa shape index (κ2) is 15.7. The van der Waals surface area contributed by atoms with Crippen LogP contribution in [0.4, 0.5) is 9.59 Å². The zero-order valence-electron chi connectivity index (χ0n) is 28.7. The maximum Gasteiger partial charge on any atom is 0.419 e. The van der Waals surface area contributed by atoms with Gasteiger partial charge in [0.2, 0.25) is 0 Å². The summed E-state index contributed by atoms with van der Waals surface area (Å²) >= 11 is 0. The number of hydrogen-bond donors (Lipinski definition) is 1. The Morgan fingerprint density at radius 3 is 2.27 bits per heavy atom. The van der Waals surface area contributed by atoms with Crippen molar-refractivity contribution >= 4 is 18.2 Å². The van der Waals surface area contributed by atoms with E-state index in [1.54, 1.807) is 27.9 Å². The van der Waals surface area contributed by atoms with Gasteiger partial charge in [-0.1, -0.05) is 78.9 Å². The van der Waals surface area contributed by atoms with Gasteiger partial charge < -0.3 is 29.2 Å². The van der Waals surface area contributed by atoms with Gasteiger partial charge in [0.05, 0.1) is 13.0 Å². The summed E-state index contributed by atoms with van der Waals surface area (Å²) in [5, 5.41) is 2.60. The van der Waals surface area contributed by atoms with Crippen LogP contribution in [0.1, 0.15) is 55.9 Å². The molecule has 9 heteroatoms. The molecule has 0 aliphatic carbocycles. The molecule has 256 valence electrons. The van der Waals surface area contributed by atoms with Crippen molar-refractivity contribution in [3.05, 3.63) is 119 Å². The molecule has 0 saturated heterocycles. The molecule has 1 aliphatic rings. The van der Waals surface area contributed by atoms with Gasteiger partial charge in [0, 0.05) is 26.1 Å². The van der Waals surface area contributed by atoms with Crippen LogP contribution in [-0.4, -0.2) is 55.0 Å². The lowest BCUT2D eigenvalue weighted by atomic mass is 9.96. The van der Waals surface area contributed by atoms with Crippen LogP contribution >= 0.6 is 0 Å². The first-order valence-corrected chi connectivity index (χ1v) is 16.5. The molecule has 49 heavy (non-hydrogen) atoms. The molecule has 2 unspecified atom stereocenters. The Labute approximate surface area is 288 Å². The van der Waals surface area contributed by atoms with Crippen molar-refractivity contribution in [2.75, 3.05) is 20.2 Å². The molecule has 0 aromatic heterocycles. The van der Waals surface area contributed by atoms with Crippen LogP contribution in [-0.2, 0) is 33.7 Å². The number of alkyl carbamates (subject to hydrolysis) is 1. The van der Waals surface area contributed by atoms with E-state index in [9.17, 15) is 14.4 Å². The maximum absolute atomic E-state index is 13.2. The molecule has 1 N–H and O–H groups in total. The fourth-order valence-electron chi connectivity index (χ4n) is 5.83. The largest absolute Gasteiger partial charge is 0.496 e. The molecule has 1 heterocycles. The Morgan fingerprint density at radius 2 is 1.55 bits per heavy atom. The Morgan fingerprint density at radius 1 is 0.857 bits per heavy atom. The summed E-state index contributed by atoms with van der Waals surface area (Å²) in [6, 6.07) is 31.2. The molecule has 1 aliphatic heterocycles. The SMILES string of the molecule is COc1ccccc1CC(C)Oc1ccc2c(c1)CN(C(=O)OC(=O)NCC(C(=O)OC(C)(C)C)c1ccc(-c3ccccc3)cc1)CC2. The number of para-hydroxylation sites is 1. The quantitative estimate of drug-likeness (QED) is 0.137. The lowest BCUT2D eigenvalue weighted by Gasteiger charge is -2.28. The molecule has 4 aromatic carbocycles. The summed E-state index contributed by atoms with van der Waals surface area (Å²) in [4.78, 5) is 40.6. The van der Waals surface area contributed by atoms with E-state index < -0.39 is 29.7 Å². The number of esters is 1. The topological polar surface area (TPSA) is 103 Å². The third-order valence-electron chi connectivity index (χ3n) is 8.23. The van der Waals surface area contributed by atoms with Crippen LogP contribution in [0.15, 0.2) is 97.1 Å². The molecule has 0 bridgehead atoms. The number of benzene rings is 4. The first kappa shape index (κ1) is 35.0. The van der Waals surface area contributed by atoms with Gasteiger partial charge in [0.25, 0.3) is 0 Å². The van der Waals surface area contributed by atoms with Crippen molar-refractivity contribution in [2.24, 2.45) is 0 Å². The number of nitrogens with zero attached hydrogens (tertiary/aromatic N) is 1. The van der Waals surface area contributed by atoms with E-state index in [0.717, 1.165) is 33.6 Å². The highest BCUT2D eigenvalue weighted by atomic mass is 16.6. The van der Waals surface area contributed by atoms with E-state index in [0.29, 0.717) is 30.7 Å². The number of rotatable bonds is 10. The van der Waals surface area contributed by atoms with E-state index in [1.807, 2.05) is 104 Å². The predicted molar refractivity (Wildman–Crippen MR) is 188 cm³/mol. The van der Waals surface area contributed by atoms with E-state index in [4.69, 9.17) is 18.9 Å². The van der Waals surface area contributed by atoms with Gasteiger partial charge >= 0.3 is 18.2 Å². The highest BCUT2D eigenvalue weighted by Gasteiger charge is 2.29. The van der Waals surface area contributed by atoms with Crippen molar-refractivity contribution < 1.29 is 33.3 Å². The van der Waals surface area contributed by atoms with Gasteiger partial charge in [-0.05, 0) is 85.7 Å². The van der Waals surface area contributed by atoms with Crippen LogP contribution in [0.25, 0.3) is 11.1 Å². The first-order chi connectivity index (χ1) is 23.5. The highest BCUT2D eigenvalue weighted by molar-refractivity contribution is 5.85. The van der Waals surface area contributed by atoms with Gasteiger partial charge in [0.1, 0.15) is 23.2 Å². The third-order valence-corrected chi connectivity index (χ3v) is 8.23. The Balaban J connectivity index is 1.18. The average molecular weight is 665 g/mol. The molecule has 2 amide bonds. The summed E-state index contributed by atoms with van der Waals surface area (Å²) in [7, 11) is 1.65. The molecular weight excluding hydrogens is 620 g/mol. The van der Waals surface area contributed by atoms with Crippen LogP contribution in [0.3, 0.4) is 0 Å². The van der Waals surface area contributed by atoms with Crippen LogP contribution in [0.2, 0.25) is 0 Å². The summed E-state index contributed by atoms with van der Waals surface area (Å²) in [5.74, 6) is 0.213. The molecule has 0 spiro atoms. The van der Waals surface area contributed by atoms with E-state index in [2.05, 4.69) is 5.32 Å². The van der Waals surface area contributed by atoms with Gasteiger partial charge in [-0.3, -0.25) is 4.79 Å². The number of ether oxygens (including phenoxy) is 4.